The molecule has 8 nitrogen and oxygen atoms in total. The maximum atomic E-state index is 12.7. The van der Waals surface area contributed by atoms with Gasteiger partial charge in [0, 0.05) is 25.5 Å². The van der Waals surface area contributed by atoms with Crippen LogP contribution in [-0.4, -0.2) is 47.2 Å². The molecule has 0 unspecified atom stereocenters. The Kier molecular flexibility index (Phi) is 5.13. The zero-order chi connectivity index (χ0) is 18.8. The molecule has 3 aromatic heterocycles. The van der Waals surface area contributed by atoms with Gasteiger partial charge >= 0.3 is 0 Å². The third kappa shape index (κ3) is 3.65. The van der Waals surface area contributed by atoms with E-state index < -0.39 is 0 Å². The fourth-order valence-corrected chi connectivity index (χ4v) is 3.02. The van der Waals surface area contributed by atoms with Crippen LogP contribution in [0.4, 0.5) is 0 Å². The molecule has 0 aliphatic rings. The van der Waals surface area contributed by atoms with Gasteiger partial charge in [-0.05, 0) is 32.9 Å². The van der Waals surface area contributed by atoms with Crippen LogP contribution >= 0.6 is 11.6 Å². The highest BCUT2D eigenvalue weighted by molar-refractivity contribution is 6.31. The molecule has 3 rings (SSSR count). The van der Waals surface area contributed by atoms with E-state index in [1.54, 1.807) is 39.8 Å². The van der Waals surface area contributed by atoms with E-state index in [0.29, 0.717) is 30.5 Å². The summed E-state index contributed by atoms with van der Waals surface area (Å²) in [5.74, 6) is -0.169. The lowest BCUT2D eigenvalue weighted by molar-refractivity contribution is 0.0774. The number of hydrogen-bond donors (Lipinski definition) is 0. The first-order chi connectivity index (χ1) is 12.4. The summed E-state index contributed by atoms with van der Waals surface area (Å²) in [7, 11) is 1.73. The fourth-order valence-electron chi connectivity index (χ4n) is 2.82. The Bertz CT molecular complexity index is 924. The third-order valence-electron chi connectivity index (χ3n) is 4.17. The molecule has 0 fully saturated rings. The Labute approximate surface area is 157 Å². The van der Waals surface area contributed by atoms with Crippen LogP contribution in [0, 0.1) is 13.8 Å². The van der Waals surface area contributed by atoms with Crippen LogP contribution in [0.5, 0.6) is 0 Å². The molecule has 0 aliphatic carbocycles. The van der Waals surface area contributed by atoms with Crippen molar-refractivity contribution >= 4 is 17.5 Å². The van der Waals surface area contributed by atoms with Crippen molar-refractivity contribution in [3.8, 4) is 0 Å². The number of hydrogen-bond acceptors (Lipinski definition) is 4. The Balaban J connectivity index is 1.71. The van der Waals surface area contributed by atoms with Gasteiger partial charge in [-0.3, -0.25) is 14.2 Å². The van der Waals surface area contributed by atoms with Crippen molar-refractivity contribution in [3.05, 3.63) is 52.3 Å². The van der Waals surface area contributed by atoms with Gasteiger partial charge in [0.15, 0.2) is 0 Å². The summed E-state index contributed by atoms with van der Waals surface area (Å²) in [5.41, 5.74) is 3.19. The number of amides is 1. The lowest BCUT2D eigenvalue weighted by Gasteiger charge is -2.17. The van der Waals surface area contributed by atoms with Crippen LogP contribution in [0.1, 0.15) is 34.5 Å². The van der Waals surface area contributed by atoms with Crippen LogP contribution in [0.2, 0.25) is 5.02 Å². The molecule has 0 bridgehead atoms. The summed E-state index contributed by atoms with van der Waals surface area (Å²) in [5, 5.41) is 13.5. The summed E-state index contributed by atoms with van der Waals surface area (Å²) in [6, 6.07) is 3.72. The van der Waals surface area contributed by atoms with Gasteiger partial charge in [0.2, 0.25) is 0 Å². The Hall–Kier alpha value is -2.61. The summed E-state index contributed by atoms with van der Waals surface area (Å²) in [6.07, 6.45) is 3.38. The largest absolute Gasteiger partial charge is 0.334 e. The molecule has 26 heavy (non-hydrogen) atoms. The number of aromatic nitrogens is 6. The molecule has 0 saturated carbocycles. The molecule has 0 radical (unpaired) electrons. The average molecular weight is 376 g/mol. The Morgan fingerprint density at radius 3 is 2.69 bits per heavy atom. The van der Waals surface area contributed by atoms with Crippen LogP contribution in [-0.2, 0) is 19.8 Å². The molecule has 0 aromatic carbocycles. The highest BCUT2D eigenvalue weighted by atomic mass is 35.5. The predicted molar refractivity (Wildman–Crippen MR) is 98.0 cm³/mol. The van der Waals surface area contributed by atoms with Gasteiger partial charge in [-0.25, -0.2) is 4.68 Å². The molecule has 0 spiro atoms. The molecular formula is C17H22ClN7O. The first-order valence-electron chi connectivity index (χ1n) is 8.39. The molecule has 9 heteroatoms. The van der Waals surface area contributed by atoms with E-state index in [2.05, 4.69) is 15.3 Å². The molecule has 0 atom stereocenters. The molecule has 0 aliphatic heterocycles. The van der Waals surface area contributed by atoms with Gasteiger partial charge in [0.25, 0.3) is 5.91 Å². The minimum Gasteiger partial charge on any atom is -0.334 e. The van der Waals surface area contributed by atoms with Crippen molar-refractivity contribution in [3.63, 3.8) is 0 Å². The third-order valence-corrected chi connectivity index (χ3v) is 4.49. The van der Waals surface area contributed by atoms with Crippen molar-refractivity contribution in [2.75, 3.05) is 7.05 Å². The smallest absolute Gasteiger partial charge is 0.274 e. The van der Waals surface area contributed by atoms with E-state index in [-0.39, 0.29) is 5.91 Å². The second kappa shape index (κ2) is 7.33. The number of carbonyl (C=O) groups excluding carboxylic acids is 1. The highest BCUT2D eigenvalue weighted by Gasteiger charge is 2.18. The van der Waals surface area contributed by atoms with E-state index in [4.69, 9.17) is 11.6 Å². The maximum Gasteiger partial charge on any atom is 0.274 e. The van der Waals surface area contributed by atoms with Crippen molar-refractivity contribution in [1.82, 2.24) is 34.2 Å². The number of halogens is 1. The second-order valence-corrected chi connectivity index (χ2v) is 6.63. The lowest BCUT2D eigenvalue weighted by atomic mass is 10.3. The molecule has 3 heterocycles. The van der Waals surface area contributed by atoms with Crippen LogP contribution in [0.25, 0.3) is 0 Å². The SMILES string of the molecule is CCn1ncc(Cl)c1CN(C)C(=O)c1ccn(Cn2nc(C)cc2C)n1. The Morgan fingerprint density at radius 2 is 2.04 bits per heavy atom. The lowest BCUT2D eigenvalue weighted by Crippen LogP contribution is -2.28. The zero-order valence-electron chi connectivity index (χ0n) is 15.3. The van der Waals surface area contributed by atoms with E-state index in [9.17, 15) is 4.79 Å². The van der Waals surface area contributed by atoms with Crippen LogP contribution in [0.3, 0.4) is 0 Å². The van der Waals surface area contributed by atoms with Gasteiger partial charge in [0.05, 0.1) is 29.2 Å². The molecule has 138 valence electrons. The fraction of sp³-hybridized carbons (Fsp3) is 0.412. The minimum atomic E-state index is -0.169. The van der Waals surface area contributed by atoms with Gasteiger partial charge < -0.3 is 4.90 Å². The number of rotatable bonds is 6. The highest BCUT2D eigenvalue weighted by Crippen LogP contribution is 2.17. The minimum absolute atomic E-state index is 0.169. The summed E-state index contributed by atoms with van der Waals surface area (Å²) >= 11 is 6.18. The molecule has 3 aromatic rings. The Morgan fingerprint density at radius 1 is 1.27 bits per heavy atom. The maximum absolute atomic E-state index is 12.7. The van der Waals surface area contributed by atoms with Crippen molar-refractivity contribution in [2.45, 2.75) is 40.5 Å². The number of carbonyl (C=O) groups is 1. The summed E-state index contributed by atoms with van der Waals surface area (Å²) < 4.78 is 5.33. The van der Waals surface area contributed by atoms with Crippen molar-refractivity contribution in [1.29, 1.82) is 0 Å². The van der Waals surface area contributed by atoms with E-state index >= 15 is 0 Å². The summed E-state index contributed by atoms with van der Waals surface area (Å²) in [6.45, 7) is 7.45. The predicted octanol–water partition coefficient (Wildman–Crippen LogP) is 2.34. The van der Waals surface area contributed by atoms with Crippen LogP contribution in [0.15, 0.2) is 24.5 Å². The molecule has 0 N–H and O–H groups in total. The quantitative estimate of drug-likeness (QED) is 0.662. The zero-order valence-corrected chi connectivity index (χ0v) is 16.1. The van der Waals surface area contributed by atoms with Gasteiger partial charge in [-0.1, -0.05) is 11.6 Å². The first kappa shape index (κ1) is 18.2. The second-order valence-electron chi connectivity index (χ2n) is 6.22. The first-order valence-corrected chi connectivity index (χ1v) is 8.77. The number of aryl methyl sites for hydroxylation is 3. The molecule has 0 saturated heterocycles. The normalized spacial score (nSPS) is 11.1. The van der Waals surface area contributed by atoms with E-state index in [1.165, 1.54) is 0 Å². The van der Waals surface area contributed by atoms with Gasteiger partial charge in [-0.15, -0.1) is 0 Å². The van der Waals surface area contributed by atoms with E-state index in [1.807, 2.05) is 31.5 Å². The van der Waals surface area contributed by atoms with Crippen molar-refractivity contribution < 1.29 is 4.79 Å². The molecular weight excluding hydrogens is 354 g/mol. The molecule has 1 amide bonds. The average Bonchev–Trinajstić information content (AvgIpc) is 3.28. The van der Waals surface area contributed by atoms with E-state index in [0.717, 1.165) is 17.1 Å². The van der Waals surface area contributed by atoms with Crippen LogP contribution < -0.4 is 0 Å². The summed E-state index contributed by atoms with van der Waals surface area (Å²) in [4.78, 5) is 14.3. The monoisotopic (exact) mass is 375 g/mol. The topological polar surface area (TPSA) is 73.8 Å². The van der Waals surface area contributed by atoms with Gasteiger partial charge in [-0.2, -0.15) is 15.3 Å². The number of nitrogens with zero attached hydrogens (tertiary/aromatic N) is 7. The van der Waals surface area contributed by atoms with Gasteiger partial charge in [0.1, 0.15) is 12.4 Å². The standard InChI is InChI=1S/C17H22ClN7O/c1-5-24-16(14(18)9-19-24)10-22(4)17(26)15-6-7-23(21-15)11-25-13(3)8-12(2)20-25/h6-9H,5,10-11H2,1-4H3. The van der Waals surface area contributed by atoms with Crippen molar-refractivity contribution in [2.24, 2.45) is 0 Å².